The van der Waals surface area contributed by atoms with E-state index in [0.29, 0.717) is 27.4 Å². The van der Waals surface area contributed by atoms with Gasteiger partial charge in [-0.25, -0.2) is 4.98 Å². The van der Waals surface area contributed by atoms with Crippen LogP contribution in [0.25, 0.3) is 16.6 Å². The first kappa shape index (κ1) is 20.8. The Morgan fingerprint density at radius 1 is 0.967 bits per heavy atom. The number of fused-ring (bicyclic) bond motifs is 1. The maximum atomic E-state index is 13.3. The summed E-state index contributed by atoms with van der Waals surface area (Å²) >= 11 is 8.01. The van der Waals surface area contributed by atoms with E-state index in [-0.39, 0.29) is 17.2 Å². The molecule has 150 valence electrons. The Morgan fingerprint density at radius 2 is 1.67 bits per heavy atom. The van der Waals surface area contributed by atoms with Gasteiger partial charge in [-0.3, -0.25) is 14.2 Å². The number of aromatic nitrogens is 2. The number of para-hydroxylation sites is 1. The second-order valence-electron chi connectivity index (χ2n) is 6.38. The van der Waals surface area contributed by atoms with E-state index >= 15 is 0 Å². The molecular weight excluding hydrogens is 530 g/mol. The summed E-state index contributed by atoms with van der Waals surface area (Å²) in [5.74, 6) is -0.0516. The average Bonchev–Trinajstić information content (AvgIpc) is 2.75. The Morgan fingerprint density at radius 3 is 2.40 bits per heavy atom. The van der Waals surface area contributed by atoms with Gasteiger partial charge in [-0.1, -0.05) is 61.8 Å². The summed E-state index contributed by atoms with van der Waals surface area (Å²) in [6.45, 7) is 0. The van der Waals surface area contributed by atoms with Crippen LogP contribution in [0, 0.1) is 0 Å². The van der Waals surface area contributed by atoms with Crippen LogP contribution in [-0.4, -0.2) is 21.2 Å². The van der Waals surface area contributed by atoms with Gasteiger partial charge in [0, 0.05) is 14.6 Å². The lowest BCUT2D eigenvalue weighted by molar-refractivity contribution is -0.113. The summed E-state index contributed by atoms with van der Waals surface area (Å²) < 4.78 is 3.29. The molecule has 30 heavy (non-hydrogen) atoms. The van der Waals surface area contributed by atoms with Gasteiger partial charge < -0.3 is 5.32 Å². The summed E-state index contributed by atoms with van der Waals surface area (Å²) in [6, 6.07) is 22.1. The highest BCUT2D eigenvalue weighted by molar-refractivity contribution is 9.10. The molecule has 1 amide bonds. The van der Waals surface area contributed by atoms with Crippen LogP contribution in [0.3, 0.4) is 0 Å². The largest absolute Gasteiger partial charge is 0.325 e. The Hall–Kier alpha value is -2.42. The van der Waals surface area contributed by atoms with Crippen LogP contribution >= 0.6 is 43.6 Å². The zero-order chi connectivity index (χ0) is 21.1. The van der Waals surface area contributed by atoms with Gasteiger partial charge in [0.25, 0.3) is 5.56 Å². The third-order valence-corrected chi connectivity index (χ3v) is 6.23. The van der Waals surface area contributed by atoms with E-state index < -0.39 is 0 Å². The lowest BCUT2D eigenvalue weighted by Crippen LogP contribution is -2.23. The SMILES string of the molecule is O=C(CSc1nc2ccc(Br)cc2c(=O)n1-c1ccccc1)Nc1ccc(Br)cc1. The van der Waals surface area contributed by atoms with Crippen LogP contribution in [0.1, 0.15) is 0 Å². The van der Waals surface area contributed by atoms with E-state index in [2.05, 4.69) is 42.2 Å². The van der Waals surface area contributed by atoms with Crippen molar-refractivity contribution in [2.45, 2.75) is 5.16 Å². The van der Waals surface area contributed by atoms with E-state index in [1.54, 1.807) is 16.7 Å². The number of anilines is 1. The molecule has 0 aliphatic heterocycles. The molecule has 4 aromatic rings. The maximum absolute atomic E-state index is 13.3. The minimum Gasteiger partial charge on any atom is -0.325 e. The van der Waals surface area contributed by atoms with Crippen molar-refractivity contribution >= 4 is 66.1 Å². The smallest absolute Gasteiger partial charge is 0.266 e. The summed E-state index contributed by atoms with van der Waals surface area (Å²) in [4.78, 5) is 30.4. The molecule has 0 saturated carbocycles. The quantitative estimate of drug-likeness (QED) is 0.261. The summed E-state index contributed by atoms with van der Waals surface area (Å²) in [5.41, 5.74) is 1.82. The number of amides is 1. The molecule has 1 aromatic heterocycles. The van der Waals surface area contributed by atoms with Crippen molar-refractivity contribution in [3.05, 3.63) is 92.1 Å². The van der Waals surface area contributed by atoms with Crippen LogP contribution < -0.4 is 10.9 Å². The molecule has 0 atom stereocenters. The van der Waals surface area contributed by atoms with Crippen LogP contribution in [-0.2, 0) is 4.79 Å². The second kappa shape index (κ2) is 9.16. The number of thioether (sulfide) groups is 1. The number of benzene rings is 3. The number of nitrogens with zero attached hydrogens (tertiary/aromatic N) is 2. The van der Waals surface area contributed by atoms with Gasteiger partial charge in [0.15, 0.2) is 5.16 Å². The average molecular weight is 545 g/mol. The molecule has 1 heterocycles. The zero-order valence-electron chi connectivity index (χ0n) is 15.5. The second-order valence-corrected chi connectivity index (χ2v) is 9.15. The molecule has 3 aromatic carbocycles. The van der Waals surface area contributed by atoms with Crippen LogP contribution in [0.15, 0.2) is 91.7 Å². The highest BCUT2D eigenvalue weighted by atomic mass is 79.9. The normalized spacial score (nSPS) is 10.9. The standard InChI is InChI=1S/C22H15Br2N3O2S/c23-14-6-9-16(10-7-14)25-20(28)13-30-22-26-19-11-8-15(24)12-18(19)21(29)27(22)17-4-2-1-3-5-17/h1-12H,13H2,(H,25,28). The minimum absolute atomic E-state index is 0.122. The van der Waals surface area contributed by atoms with Crippen molar-refractivity contribution in [1.29, 1.82) is 0 Å². The Labute approximate surface area is 193 Å². The minimum atomic E-state index is -0.177. The highest BCUT2D eigenvalue weighted by Gasteiger charge is 2.15. The molecule has 0 spiro atoms. The summed E-state index contributed by atoms with van der Waals surface area (Å²) in [7, 11) is 0. The monoisotopic (exact) mass is 543 g/mol. The number of carbonyl (C=O) groups is 1. The van der Waals surface area contributed by atoms with E-state index in [4.69, 9.17) is 0 Å². The first-order valence-corrected chi connectivity index (χ1v) is 11.5. The predicted octanol–water partition coefficient (Wildman–Crippen LogP) is 5.64. The number of nitrogens with one attached hydrogen (secondary N) is 1. The first-order valence-electron chi connectivity index (χ1n) is 8.97. The predicted molar refractivity (Wildman–Crippen MR) is 129 cm³/mol. The number of hydrogen-bond acceptors (Lipinski definition) is 4. The van der Waals surface area contributed by atoms with Crippen molar-refractivity contribution in [1.82, 2.24) is 9.55 Å². The third-order valence-electron chi connectivity index (χ3n) is 4.27. The lowest BCUT2D eigenvalue weighted by atomic mass is 10.2. The van der Waals surface area contributed by atoms with Crippen molar-refractivity contribution in [2.75, 3.05) is 11.1 Å². The number of halogens is 2. The van der Waals surface area contributed by atoms with Gasteiger partial charge in [-0.05, 0) is 54.6 Å². The van der Waals surface area contributed by atoms with Gasteiger partial charge in [-0.2, -0.15) is 0 Å². The molecule has 0 saturated heterocycles. The fourth-order valence-electron chi connectivity index (χ4n) is 2.90. The highest BCUT2D eigenvalue weighted by Crippen LogP contribution is 2.23. The lowest BCUT2D eigenvalue weighted by Gasteiger charge is -2.13. The molecule has 4 rings (SSSR count). The summed E-state index contributed by atoms with van der Waals surface area (Å²) in [5, 5.41) is 3.83. The van der Waals surface area contributed by atoms with E-state index in [9.17, 15) is 9.59 Å². The van der Waals surface area contributed by atoms with Gasteiger partial charge in [0.2, 0.25) is 5.91 Å². The molecule has 0 unspecified atom stereocenters. The topological polar surface area (TPSA) is 64.0 Å². The van der Waals surface area contributed by atoms with Gasteiger partial charge >= 0.3 is 0 Å². The van der Waals surface area contributed by atoms with Crippen molar-refractivity contribution in [3.63, 3.8) is 0 Å². The Kier molecular flexibility index (Phi) is 6.36. The van der Waals surface area contributed by atoms with Crippen LogP contribution in [0.5, 0.6) is 0 Å². The molecule has 0 radical (unpaired) electrons. The van der Waals surface area contributed by atoms with E-state index in [1.165, 1.54) is 11.8 Å². The molecule has 0 aliphatic rings. The molecule has 0 aliphatic carbocycles. The molecule has 0 bridgehead atoms. The van der Waals surface area contributed by atoms with Gasteiger partial charge in [0.05, 0.1) is 22.3 Å². The Balaban J connectivity index is 1.67. The van der Waals surface area contributed by atoms with Crippen LogP contribution in [0.2, 0.25) is 0 Å². The van der Waals surface area contributed by atoms with Gasteiger partial charge in [-0.15, -0.1) is 0 Å². The zero-order valence-corrected chi connectivity index (χ0v) is 19.5. The number of carbonyl (C=O) groups excluding carboxylic acids is 1. The fraction of sp³-hybridized carbons (Fsp3) is 0.0455. The molecule has 8 heteroatoms. The van der Waals surface area contributed by atoms with Gasteiger partial charge in [0.1, 0.15) is 0 Å². The van der Waals surface area contributed by atoms with Crippen molar-refractivity contribution in [2.24, 2.45) is 0 Å². The number of hydrogen-bond donors (Lipinski definition) is 1. The van der Waals surface area contributed by atoms with E-state index in [0.717, 1.165) is 8.95 Å². The summed E-state index contributed by atoms with van der Waals surface area (Å²) in [6.07, 6.45) is 0. The van der Waals surface area contributed by atoms with Crippen molar-refractivity contribution < 1.29 is 4.79 Å². The van der Waals surface area contributed by atoms with Crippen LogP contribution in [0.4, 0.5) is 5.69 Å². The molecule has 0 fully saturated rings. The maximum Gasteiger partial charge on any atom is 0.266 e. The Bertz CT molecular complexity index is 1280. The third kappa shape index (κ3) is 4.66. The first-order chi connectivity index (χ1) is 14.5. The van der Waals surface area contributed by atoms with Crippen molar-refractivity contribution in [3.8, 4) is 5.69 Å². The molecule has 1 N–H and O–H groups in total. The molecule has 5 nitrogen and oxygen atoms in total. The number of rotatable bonds is 5. The fourth-order valence-corrected chi connectivity index (χ4v) is 4.34. The van der Waals surface area contributed by atoms with E-state index in [1.807, 2.05) is 60.7 Å². The molecular formula is C22H15Br2N3O2S.